The van der Waals surface area contributed by atoms with E-state index in [1.54, 1.807) is 24.3 Å². The van der Waals surface area contributed by atoms with Gasteiger partial charge in [0.2, 0.25) is 0 Å². The highest BCUT2D eigenvalue weighted by Gasteiger charge is 2.28. The number of anilines is 1. The first-order valence-corrected chi connectivity index (χ1v) is 12.4. The van der Waals surface area contributed by atoms with E-state index in [-0.39, 0.29) is 53.3 Å². The minimum absolute atomic E-state index is 0.0185. The van der Waals surface area contributed by atoms with Gasteiger partial charge in [-0.05, 0) is 30.3 Å². The van der Waals surface area contributed by atoms with E-state index in [1.807, 2.05) is 0 Å². The summed E-state index contributed by atoms with van der Waals surface area (Å²) in [5, 5.41) is 30.5. The van der Waals surface area contributed by atoms with Crippen molar-refractivity contribution in [2.24, 2.45) is 5.73 Å². The summed E-state index contributed by atoms with van der Waals surface area (Å²) in [6.07, 6.45) is 1.32. The Morgan fingerprint density at radius 2 is 1.98 bits per heavy atom. The van der Waals surface area contributed by atoms with Crippen molar-refractivity contribution in [3.63, 3.8) is 0 Å². The van der Waals surface area contributed by atoms with Crippen LogP contribution in [0.15, 0.2) is 47.4 Å². The van der Waals surface area contributed by atoms with Crippen LogP contribution in [0.3, 0.4) is 0 Å². The zero-order valence-electron chi connectivity index (χ0n) is 22.4. The van der Waals surface area contributed by atoms with Crippen LogP contribution in [-0.2, 0) is 9.53 Å². The molecule has 0 radical (unpaired) electrons. The number of nitrogens with zero attached hydrogens (tertiary/aromatic N) is 3. The molecule has 16 heteroatoms. The molecule has 0 aliphatic carbocycles. The minimum atomic E-state index is -1.34. The highest BCUT2D eigenvalue weighted by atomic mass is 19.1. The van der Waals surface area contributed by atoms with E-state index in [0.29, 0.717) is 17.7 Å². The lowest BCUT2D eigenvalue weighted by Gasteiger charge is -2.21. The molecule has 15 nitrogen and oxygen atoms in total. The van der Waals surface area contributed by atoms with Crippen molar-refractivity contribution in [2.75, 3.05) is 25.6 Å². The molecule has 4 aromatic rings. The van der Waals surface area contributed by atoms with Crippen molar-refractivity contribution in [1.82, 2.24) is 25.0 Å². The molecule has 4 rings (SSSR count). The van der Waals surface area contributed by atoms with Gasteiger partial charge in [-0.25, -0.2) is 14.0 Å². The summed E-state index contributed by atoms with van der Waals surface area (Å²) in [6, 6.07) is 7.91. The number of halogens is 1. The van der Waals surface area contributed by atoms with E-state index < -0.39 is 29.5 Å². The van der Waals surface area contributed by atoms with Gasteiger partial charge in [-0.1, -0.05) is 0 Å². The van der Waals surface area contributed by atoms with Crippen LogP contribution in [0.25, 0.3) is 5.82 Å². The normalized spacial score (nSPS) is 11.5. The molecular weight excluding hydrogens is 555 g/mol. The summed E-state index contributed by atoms with van der Waals surface area (Å²) in [4.78, 5) is 38.1. The number of nitrogens with two attached hydrogens (primary N) is 1. The average molecular weight is 583 g/mol. The van der Waals surface area contributed by atoms with Gasteiger partial charge in [0.05, 0.1) is 26.5 Å². The number of aromatic carboxylic acids is 1. The van der Waals surface area contributed by atoms with Crippen molar-refractivity contribution in [1.29, 1.82) is 5.41 Å². The highest BCUT2D eigenvalue weighted by Crippen LogP contribution is 2.35. The Morgan fingerprint density at radius 3 is 2.62 bits per heavy atom. The van der Waals surface area contributed by atoms with Gasteiger partial charge in [-0.3, -0.25) is 20.3 Å². The van der Waals surface area contributed by atoms with E-state index in [2.05, 4.69) is 25.6 Å². The molecule has 1 unspecified atom stereocenters. The number of nitrogen functional groups attached to an aromatic ring is 1. The fourth-order valence-electron chi connectivity index (χ4n) is 3.91. The fourth-order valence-corrected chi connectivity index (χ4v) is 3.91. The van der Waals surface area contributed by atoms with E-state index in [4.69, 9.17) is 25.4 Å². The fraction of sp³-hybridized carbons (Fsp3) is 0.231. The second-order valence-corrected chi connectivity index (χ2v) is 8.80. The molecule has 7 N–H and O–H groups in total. The maximum Gasteiger partial charge on any atom is 0.349 e. The number of amidine groups is 1. The molecule has 2 aromatic heterocycles. The van der Waals surface area contributed by atoms with Gasteiger partial charge < -0.3 is 30.4 Å². The molecular formula is C26H27FN8O7. The maximum atomic E-state index is 16.0. The molecule has 0 fully saturated rings. The predicted molar refractivity (Wildman–Crippen MR) is 146 cm³/mol. The van der Waals surface area contributed by atoms with Crippen LogP contribution in [0.5, 0.6) is 11.5 Å². The van der Waals surface area contributed by atoms with Crippen LogP contribution in [0.1, 0.15) is 46.7 Å². The zero-order chi connectivity index (χ0) is 30.4. The SMILES string of the molecule is COc1cc(OCCCOC(C)=O)c(F)c(C(Nc2ccc(C(=N)N)cc2)c2nn(-c3[nH]ncc3C(=O)O)c(=O)[nH]2)c1. The first-order valence-electron chi connectivity index (χ1n) is 12.4. The Kier molecular flexibility index (Phi) is 8.84. The Labute approximate surface area is 236 Å². The number of hydrogen-bond donors (Lipinski definition) is 6. The summed E-state index contributed by atoms with van der Waals surface area (Å²) in [7, 11) is 1.38. The van der Waals surface area contributed by atoms with Gasteiger partial charge in [-0.2, -0.15) is 9.78 Å². The molecule has 2 aromatic carbocycles. The molecule has 0 amide bonds. The third-order valence-corrected chi connectivity index (χ3v) is 5.92. The molecule has 1 atom stereocenters. The lowest BCUT2D eigenvalue weighted by molar-refractivity contribution is -0.141. The Hall–Kier alpha value is -5.67. The maximum absolute atomic E-state index is 16.0. The first-order chi connectivity index (χ1) is 20.1. The van der Waals surface area contributed by atoms with Gasteiger partial charge >= 0.3 is 17.6 Å². The van der Waals surface area contributed by atoms with Gasteiger partial charge in [-0.15, -0.1) is 5.10 Å². The van der Waals surface area contributed by atoms with Gasteiger partial charge in [0.15, 0.2) is 23.2 Å². The standard InChI is InChI=1S/C26H27FN8O7/c1-13(36)41-8-3-9-42-19-11-16(40-2)10-17(20(19)27)21(31-15-6-4-14(5-7-15)22(28)29)23-32-26(39)35(34-23)24-18(25(37)38)12-30-33-24/h4-7,10-12,21,31H,3,8-9H2,1-2H3,(H3,28,29)(H,30,33)(H,37,38)(H,32,34,39). The van der Waals surface area contributed by atoms with E-state index in [1.165, 1.54) is 26.2 Å². The molecule has 0 aliphatic heterocycles. The number of ether oxygens (including phenoxy) is 3. The number of carboxylic acids is 1. The number of carbonyl (C=O) groups is 2. The smallest absolute Gasteiger partial charge is 0.349 e. The Bertz CT molecular complexity index is 1660. The summed E-state index contributed by atoms with van der Waals surface area (Å²) in [5.74, 6) is -2.98. The summed E-state index contributed by atoms with van der Waals surface area (Å²) >= 11 is 0. The van der Waals surface area contributed by atoms with Gasteiger partial charge in [0.1, 0.15) is 23.2 Å². The second-order valence-electron chi connectivity index (χ2n) is 8.80. The van der Waals surface area contributed by atoms with Crippen molar-refractivity contribution in [3.8, 4) is 17.3 Å². The number of aromatic nitrogens is 5. The Morgan fingerprint density at radius 1 is 1.24 bits per heavy atom. The van der Waals surface area contributed by atoms with Crippen LogP contribution in [-0.4, -0.2) is 68.2 Å². The number of benzene rings is 2. The second kappa shape index (κ2) is 12.7. The summed E-state index contributed by atoms with van der Waals surface area (Å²) in [5.41, 5.74) is 5.28. The number of hydrogen-bond acceptors (Lipinski definition) is 10. The highest BCUT2D eigenvalue weighted by molar-refractivity contribution is 5.95. The molecule has 42 heavy (non-hydrogen) atoms. The van der Waals surface area contributed by atoms with Crippen molar-refractivity contribution in [2.45, 2.75) is 19.4 Å². The van der Waals surface area contributed by atoms with Gasteiger partial charge in [0, 0.05) is 36.2 Å². The number of methoxy groups -OCH3 is 1. The van der Waals surface area contributed by atoms with Crippen LogP contribution in [0.4, 0.5) is 10.1 Å². The first kappa shape index (κ1) is 29.3. The van der Waals surface area contributed by atoms with Crippen LogP contribution in [0.2, 0.25) is 0 Å². The molecule has 0 spiro atoms. The molecule has 0 saturated carbocycles. The van der Waals surface area contributed by atoms with Gasteiger partial charge in [0.25, 0.3) is 0 Å². The molecule has 0 aliphatic rings. The van der Waals surface area contributed by atoms with E-state index >= 15 is 4.39 Å². The molecule has 0 saturated heterocycles. The predicted octanol–water partition coefficient (Wildman–Crippen LogP) is 1.95. The number of carboxylic acid groups (broad SMARTS) is 1. The third kappa shape index (κ3) is 6.55. The van der Waals surface area contributed by atoms with Crippen LogP contribution in [0, 0.1) is 11.2 Å². The third-order valence-electron chi connectivity index (χ3n) is 5.92. The number of esters is 1. The topological polar surface area (TPSA) is 223 Å². The zero-order valence-corrected chi connectivity index (χ0v) is 22.4. The monoisotopic (exact) mass is 582 g/mol. The number of carbonyl (C=O) groups excluding carboxylic acids is 1. The van der Waals surface area contributed by atoms with Crippen LogP contribution < -0.4 is 26.2 Å². The molecule has 2 heterocycles. The quantitative estimate of drug-likeness (QED) is 0.0578. The van der Waals surface area contributed by atoms with E-state index in [9.17, 15) is 19.5 Å². The van der Waals surface area contributed by atoms with Crippen LogP contribution >= 0.6 is 0 Å². The van der Waals surface area contributed by atoms with Crippen molar-refractivity contribution < 1.29 is 33.3 Å². The van der Waals surface area contributed by atoms with E-state index in [0.717, 1.165) is 10.9 Å². The van der Waals surface area contributed by atoms with Crippen molar-refractivity contribution >= 4 is 23.5 Å². The number of aromatic amines is 2. The number of nitrogens with one attached hydrogen (secondary N) is 4. The minimum Gasteiger partial charge on any atom is -0.497 e. The number of rotatable bonds is 13. The largest absolute Gasteiger partial charge is 0.497 e. The summed E-state index contributed by atoms with van der Waals surface area (Å²) in [6.45, 7) is 1.37. The lowest BCUT2D eigenvalue weighted by Crippen LogP contribution is -2.18. The summed E-state index contributed by atoms with van der Waals surface area (Å²) < 4.78 is 32.6. The lowest BCUT2D eigenvalue weighted by atomic mass is 10.0. The molecule has 220 valence electrons. The molecule has 0 bridgehead atoms. The number of H-pyrrole nitrogens is 2. The Balaban J connectivity index is 1.77. The van der Waals surface area contributed by atoms with Crippen molar-refractivity contribution in [3.05, 3.63) is 81.4 Å². The average Bonchev–Trinajstić information content (AvgIpc) is 3.59.